The summed E-state index contributed by atoms with van der Waals surface area (Å²) in [5, 5.41) is 9.22. The molecule has 1 aliphatic heterocycles. The maximum Gasteiger partial charge on any atom is 0.416 e. The highest BCUT2D eigenvalue weighted by Gasteiger charge is 2.37. The van der Waals surface area contributed by atoms with Gasteiger partial charge in [0.15, 0.2) is 0 Å². The quantitative estimate of drug-likeness (QED) is 0.596. The van der Waals surface area contributed by atoms with Gasteiger partial charge in [0.2, 0.25) is 5.91 Å². The Hall–Kier alpha value is -3.24. The molecule has 178 valence electrons. The number of carbonyl (C=O) groups is 2. The highest BCUT2D eigenvalue weighted by atomic mass is 19.4. The number of amides is 2. The van der Waals surface area contributed by atoms with E-state index < -0.39 is 41.5 Å². The van der Waals surface area contributed by atoms with E-state index in [1.807, 2.05) is 0 Å². The fourth-order valence-electron chi connectivity index (χ4n) is 3.83. The summed E-state index contributed by atoms with van der Waals surface area (Å²) in [6.45, 7) is 0.244. The Kier molecular flexibility index (Phi) is 6.62. The normalized spacial score (nSPS) is 16.7. The molecule has 5 nitrogen and oxygen atoms in total. The molecule has 0 spiro atoms. The summed E-state index contributed by atoms with van der Waals surface area (Å²) in [7, 11) is 1.46. The maximum atomic E-state index is 13.2. The first-order valence-electron chi connectivity index (χ1n) is 9.90. The van der Waals surface area contributed by atoms with Crippen molar-refractivity contribution in [1.82, 2.24) is 9.80 Å². The lowest BCUT2D eigenvalue weighted by Crippen LogP contribution is -2.45. The zero-order chi connectivity index (χ0) is 24.6. The van der Waals surface area contributed by atoms with Crippen LogP contribution in [0.2, 0.25) is 0 Å². The number of hydrogen-bond acceptors (Lipinski definition) is 2. The van der Waals surface area contributed by atoms with Crippen molar-refractivity contribution in [2.75, 3.05) is 13.6 Å². The van der Waals surface area contributed by atoms with Crippen LogP contribution in [0.1, 0.15) is 29.5 Å². The summed E-state index contributed by atoms with van der Waals surface area (Å²) < 4.78 is 79.0. The number of halogens is 6. The summed E-state index contributed by atoms with van der Waals surface area (Å²) >= 11 is 0. The van der Waals surface area contributed by atoms with Crippen molar-refractivity contribution < 1.29 is 41.0 Å². The maximum absolute atomic E-state index is 13.2. The van der Waals surface area contributed by atoms with E-state index in [1.54, 1.807) is 6.07 Å². The molecule has 2 aromatic carbocycles. The van der Waals surface area contributed by atoms with Crippen molar-refractivity contribution in [1.29, 1.82) is 0 Å². The molecular formula is C22H20F6N2O3. The van der Waals surface area contributed by atoms with E-state index in [9.17, 15) is 41.0 Å². The van der Waals surface area contributed by atoms with Gasteiger partial charge in [-0.2, -0.15) is 26.3 Å². The minimum atomic E-state index is -4.96. The van der Waals surface area contributed by atoms with Crippen LogP contribution in [0.15, 0.2) is 42.5 Å². The Balaban J connectivity index is 1.88. The Labute approximate surface area is 185 Å². The van der Waals surface area contributed by atoms with Crippen LogP contribution in [-0.2, 0) is 23.7 Å². The second kappa shape index (κ2) is 8.95. The van der Waals surface area contributed by atoms with E-state index in [1.165, 1.54) is 30.1 Å². The third kappa shape index (κ3) is 5.58. The smallest absolute Gasteiger partial charge is 0.416 e. The second-order valence-corrected chi connectivity index (χ2v) is 7.82. The van der Waals surface area contributed by atoms with Crippen molar-refractivity contribution in [3.63, 3.8) is 0 Å². The summed E-state index contributed by atoms with van der Waals surface area (Å²) in [6, 6.07) is 6.36. The van der Waals surface area contributed by atoms with Crippen LogP contribution in [0.4, 0.5) is 31.1 Å². The van der Waals surface area contributed by atoms with Gasteiger partial charge in [0.05, 0.1) is 11.1 Å². The van der Waals surface area contributed by atoms with Gasteiger partial charge < -0.3 is 10.0 Å². The number of likely N-dealkylation sites (N-methyl/N-ethyl adjacent to an activating group) is 1. The molecule has 1 saturated heterocycles. The summed E-state index contributed by atoms with van der Waals surface area (Å²) in [6.07, 6.45) is -10.2. The van der Waals surface area contributed by atoms with Crippen LogP contribution < -0.4 is 0 Å². The average molecular weight is 474 g/mol. The van der Waals surface area contributed by atoms with E-state index in [4.69, 9.17) is 0 Å². The molecule has 0 radical (unpaired) electrons. The van der Waals surface area contributed by atoms with E-state index in [0.29, 0.717) is 30.5 Å². The van der Waals surface area contributed by atoms with Crippen LogP contribution in [0, 0.1) is 0 Å². The first-order chi connectivity index (χ1) is 15.3. The Morgan fingerprint density at radius 3 is 2.15 bits per heavy atom. The van der Waals surface area contributed by atoms with E-state index in [0.717, 1.165) is 4.90 Å². The molecule has 0 unspecified atom stereocenters. The van der Waals surface area contributed by atoms with E-state index >= 15 is 0 Å². The monoisotopic (exact) mass is 474 g/mol. The fourth-order valence-corrected chi connectivity index (χ4v) is 3.83. The lowest BCUT2D eigenvalue weighted by molar-refractivity contribution is -0.143. The number of carboxylic acid groups (broad SMARTS) is 1. The Morgan fingerprint density at radius 1 is 1.00 bits per heavy atom. The number of hydrogen-bond donors (Lipinski definition) is 1. The van der Waals surface area contributed by atoms with Gasteiger partial charge in [-0.15, -0.1) is 0 Å². The lowest BCUT2D eigenvalue weighted by Gasteiger charge is -2.26. The third-order valence-electron chi connectivity index (χ3n) is 5.43. The molecule has 33 heavy (non-hydrogen) atoms. The zero-order valence-electron chi connectivity index (χ0n) is 17.4. The highest BCUT2D eigenvalue weighted by molar-refractivity contribution is 5.85. The molecule has 1 fully saturated rings. The fraction of sp³-hybridized carbons (Fsp3) is 0.364. The molecule has 0 aromatic heterocycles. The van der Waals surface area contributed by atoms with Gasteiger partial charge in [0.25, 0.3) is 0 Å². The van der Waals surface area contributed by atoms with Gasteiger partial charge >= 0.3 is 18.4 Å². The summed E-state index contributed by atoms with van der Waals surface area (Å²) in [5.41, 5.74) is -2.51. The SMILES string of the molecule is CN(Cc1cccc(-c2cc(C(F)(F)F)cc(C(F)(F)F)c2)c1)C(=O)[C@@H]1CCCN1C(=O)O. The minimum absolute atomic E-state index is 0.00171. The molecule has 0 bridgehead atoms. The Morgan fingerprint density at radius 2 is 1.61 bits per heavy atom. The van der Waals surface area contributed by atoms with Crippen LogP contribution in [0.5, 0.6) is 0 Å². The predicted octanol–water partition coefficient (Wildman–Crippen LogP) is 5.49. The molecule has 3 rings (SSSR count). The minimum Gasteiger partial charge on any atom is -0.465 e. The van der Waals surface area contributed by atoms with Crippen molar-refractivity contribution in [2.24, 2.45) is 0 Å². The van der Waals surface area contributed by atoms with Crippen LogP contribution in [0.3, 0.4) is 0 Å². The van der Waals surface area contributed by atoms with Gasteiger partial charge in [-0.25, -0.2) is 4.79 Å². The topological polar surface area (TPSA) is 60.9 Å². The number of benzene rings is 2. The number of nitrogens with zero attached hydrogens (tertiary/aromatic N) is 2. The molecule has 11 heteroatoms. The van der Waals surface area contributed by atoms with E-state index in [-0.39, 0.29) is 30.3 Å². The largest absolute Gasteiger partial charge is 0.465 e. The second-order valence-electron chi connectivity index (χ2n) is 7.82. The van der Waals surface area contributed by atoms with Gasteiger partial charge in [-0.1, -0.05) is 18.2 Å². The average Bonchev–Trinajstić information content (AvgIpc) is 3.22. The van der Waals surface area contributed by atoms with Gasteiger partial charge in [0.1, 0.15) is 6.04 Å². The molecule has 1 N–H and O–H groups in total. The summed E-state index contributed by atoms with van der Waals surface area (Å²) in [5.74, 6) is -0.432. The third-order valence-corrected chi connectivity index (χ3v) is 5.43. The number of carbonyl (C=O) groups excluding carboxylic acids is 1. The summed E-state index contributed by atoms with van der Waals surface area (Å²) in [4.78, 5) is 26.3. The number of alkyl halides is 6. The molecule has 0 aliphatic carbocycles. The molecule has 1 atom stereocenters. The number of rotatable bonds is 4. The highest BCUT2D eigenvalue weighted by Crippen LogP contribution is 2.38. The van der Waals surface area contributed by atoms with Crippen molar-refractivity contribution in [2.45, 2.75) is 37.8 Å². The van der Waals surface area contributed by atoms with Gasteiger partial charge in [-0.05, 0) is 53.8 Å². The molecule has 0 saturated carbocycles. The molecular weight excluding hydrogens is 454 g/mol. The standard InChI is InChI=1S/C22H20F6N2O3/c1-29(19(31)18-6-3-7-30(18)20(32)33)12-13-4-2-5-14(8-13)15-9-16(21(23,24)25)11-17(10-15)22(26,27)28/h2,4-5,8-11,18H,3,6-7,12H2,1H3,(H,32,33)/t18-/m0/s1. The van der Waals surface area contributed by atoms with Crippen LogP contribution in [-0.4, -0.2) is 46.5 Å². The van der Waals surface area contributed by atoms with Crippen LogP contribution in [0.25, 0.3) is 11.1 Å². The number of likely N-dealkylation sites (tertiary alicyclic amines) is 1. The van der Waals surface area contributed by atoms with Gasteiger partial charge in [0, 0.05) is 20.1 Å². The Bertz CT molecular complexity index is 1020. The lowest BCUT2D eigenvalue weighted by atomic mass is 9.97. The van der Waals surface area contributed by atoms with Gasteiger partial charge in [-0.3, -0.25) is 9.69 Å². The van der Waals surface area contributed by atoms with E-state index in [2.05, 4.69) is 0 Å². The zero-order valence-corrected chi connectivity index (χ0v) is 17.4. The van der Waals surface area contributed by atoms with Crippen molar-refractivity contribution >= 4 is 12.0 Å². The van der Waals surface area contributed by atoms with Crippen molar-refractivity contribution in [3.8, 4) is 11.1 Å². The predicted molar refractivity (Wildman–Crippen MR) is 106 cm³/mol. The van der Waals surface area contributed by atoms with Crippen LogP contribution >= 0.6 is 0 Å². The molecule has 2 aromatic rings. The molecule has 1 heterocycles. The molecule has 2 amide bonds. The first-order valence-corrected chi connectivity index (χ1v) is 9.90. The van der Waals surface area contributed by atoms with Crippen molar-refractivity contribution in [3.05, 3.63) is 59.2 Å². The first kappa shape index (κ1) is 24.4. The molecule has 1 aliphatic rings.